The number of benzene rings is 1. The minimum absolute atomic E-state index is 0.383. The highest BCUT2D eigenvalue weighted by atomic mass is 16.1. The van der Waals surface area contributed by atoms with E-state index in [0.29, 0.717) is 5.92 Å². The number of hydrogen-bond acceptors (Lipinski definition) is 2. The van der Waals surface area contributed by atoms with Crippen molar-refractivity contribution in [2.45, 2.75) is 39.5 Å². The summed E-state index contributed by atoms with van der Waals surface area (Å²) in [6.45, 7) is 6.33. The second kappa shape index (κ2) is 5.47. The second-order valence-electron chi connectivity index (χ2n) is 3.96. The molecule has 1 aromatic rings. The average Bonchev–Trinajstić information content (AvgIpc) is 2.21. The van der Waals surface area contributed by atoms with Crippen LogP contribution in [0.15, 0.2) is 23.2 Å². The summed E-state index contributed by atoms with van der Waals surface area (Å²) in [5.41, 5.74) is 3.10. The van der Waals surface area contributed by atoms with Gasteiger partial charge in [0.2, 0.25) is 6.08 Å². The van der Waals surface area contributed by atoms with Gasteiger partial charge < -0.3 is 0 Å². The van der Waals surface area contributed by atoms with Crippen molar-refractivity contribution in [2.75, 3.05) is 0 Å². The number of carbonyl (C=O) groups excluding carboxylic acids is 1. The van der Waals surface area contributed by atoms with E-state index in [1.54, 1.807) is 6.08 Å². The predicted octanol–water partition coefficient (Wildman–Crippen LogP) is 3.73. The zero-order chi connectivity index (χ0) is 11.3. The number of rotatable bonds is 4. The molecule has 0 aliphatic rings. The summed E-state index contributed by atoms with van der Waals surface area (Å²) >= 11 is 0. The van der Waals surface area contributed by atoms with Crippen LogP contribution in [-0.4, -0.2) is 6.08 Å². The van der Waals surface area contributed by atoms with Crippen molar-refractivity contribution in [3.63, 3.8) is 0 Å². The van der Waals surface area contributed by atoms with Crippen LogP contribution in [0.2, 0.25) is 0 Å². The Kier molecular flexibility index (Phi) is 4.26. The van der Waals surface area contributed by atoms with Crippen molar-refractivity contribution < 1.29 is 4.79 Å². The molecule has 1 aromatic carbocycles. The van der Waals surface area contributed by atoms with Crippen LogP contribution in [0.25, 0.3) is 0 Å². The molecule has 0 atom stereocenters. The molecule has 0 unspecified atom stereocenters. The van der Waals surface area contributed by atoms with Crippen molar-refractivity contribution in [2.24, 2.45) is 4.99 Å². The lowest BCUT2D eigenvalue weighted by atomic mass is 9.96. The van der Waals surface area contributed by atoms with Crippen LogP contribution in [0.3, 0.4) is 0 Å². The van der Waals surface area contributed by atoms with E-state index in [9.17, 15) is 4.79 Å². The summed E-state index contributed by atoms with van der Waals surface area (Å²) in [5.74, 6) is 0.383. The lowest BCUT2D eigenvalue weighted by Crippen LogP contribution is -1.93. The highest BCUT2D eigenvalue weighted by Gasteiger charge is 2.09. The number of isocyanates is 1. The summed E-state index contributed by atoms with van der Waals surface area (Å²) in [7, 11) is 0. The highest BCUT2D eigenvalue weighted by molar-refractivity contribution is 5.59. The maximum absolute atomic E-state index is 10.4. The molecule has 2 nitrogen and oxygen atoms in total. The molecular weight excluding hydrogens is 186 g/mol. The third kappa shape index (κ3) is 2.77. The van der Waals surface area contributed by atoms with Gasteiger partial charge in [0.1, 0.15) is 0 Å². The maximum atomic E-state index is 10.4. The molecule has 0 N–H and O–H groups in total. The largest absolute Gasteiger partial charge is 0.240 e. The molecular formula is C13H17NO. The highest BCUT2D eigenvalue weighted by Crippen LogP contribution is 2.30. The van der Waals surface area contributed by atoms with Gasteiger partial charge in [0, 0.05) is 0 Å². The first-order valence-electron chi connectivity index (χ1n) is 5.40. The van der Waals surface area contributed by atoms with Crippen molar-refractivity contribution in [3.05, 3.63) is 29.3 Å². The van der Waals surface area contributed by atoms with E-state index in [2.05, 4.69) is 25.8 Å². The molecule has 1 rings (SSSR count). The van der Waals surface area contributed by atoms with Crippen molar-refractivity contribution in [1.29, 1.82) is 0 Å². The summed E-state index contributed by atoms with van der Waals surface area (Å²) in [5, 5.41) is 0. The first-order valence-corrected chi connectivity index (χ1v) is 5.40. The van der Waals surface area contributed by atoms with E-state index in [1.165, 1.54) is 0 Å². The summed E-state index contributed by atoms with van der Waals surface area (Å²) in [4.78, 5) is 14.3. The Morgan fingerprint density at radius 1 is 1.40 bits per heavy atom. The molecule has 80 valence electrons. The van der Waals surface area contributed by atoms with E-state index in [4.69, 9.17) is 0 Å². The van der Waals surface area contributed by atoms with Crippen LogP contribution in [-0.2, 0) is 11.2 Å². The molecule has 15 heavy (non-hydrogen) atoms. The molecule has 0 aliphatic carbocycles. The van der Waals surface area contributed by atoms with Gasteiger partial charge in [-0.3, -0.25) is 0 Å². The van der Waals surface area contributed by atoms with Gasteiger partial charge >= 0.3 is 0 Å². The van der Waals surface area contributed by atoms with Crippen LogP contribution in [0, 0.1) is 0 Å². The van der Waals surface area contributed by atoms with Crippen LogP contribution in [0.4, 0.5) is 5.69 Å². The van der Waals surface area contributed by atoms with Crippen molar-refractivity contribution >= 4 is 11.8 Å². The minimum Gasteiger partial charge on any atom is -0.211 e. The first-order chi connectivity index (χ1) is 7.20. The maximum Gasteiger partial charge on any atom is 0.240 e. The number of hydrogen-bond donors (Lipinski definition) is 0. The summed E-state index contributed by atoms with van der Waals surface area (Å²) in [6, 6.07) is 6.09. The molecule has 0 bridgehead atoms. The Morgan fingerprint density at radius 3 is 2.67 bits per heavy atom. The SMILES string of the molecule is CCCc1cccc(C(C)C)c1N=C=O. The van der Waals surface area contributed by atoms with Gasteiger partial charge in [-0.05, 0) is 23.5 Å². The molecule has 0 amide bonds. The number of aryl methyl sites for hydroxylation is 1. The Hall–Kier alpha value is -1.40. The predicted molar refractivity (Wildman–Crippen MR) is 62.3 cm³/mol. The van der Waals surface area contributed by atoms with Crippen LogP contribution >= 0.6 is 0 Å². The standard InChI is InChI=1S/C13H17NO/c1-4-6-11-7-5-8-12(10(2)3)13(11)14-9-15/h5,7-8,10H,4,6H2,1-3H3. The summed E-state index contributed by atoms with van der Waals surface area (Å²) in [6.07, 6.45) is 3.67. The van der Waals surface area contributed by atoms with Gasteiger partial charge in [-0.25, -0.2) is 4.79 Å². The molecule has 0 aromatic heterocycles. The van der Waals surface area contributed by atoms with E-state index < -0.39 is 0 Å². The van der Waals surface area contributed by atoms with Gasteiger partial charge in [0.25, 0.3) is 0 Å². The Balaban J connectivity index is 3.27. The lowest BCUT2D eigenvalue weighted by molar-refractivity contribution is 0.565. The van der Waals surface area contributed by atoms with Crippen LogP contribution in [0.5, 0.6) is 0 Å². The fourth-order valence-corrected chi connectivity index (χ4v) is 1.73. The second-order valence-corrected chi connectivity index (χ2v) is 3.96. The van der Waals surface area contributed by atoms with Crippen molar-refractivity contribution in [3.8, 4) is 0 Å². The molecule has 2 heteroatoms. The third-order valence-electron chi connectivity index (χ3n) is 2.45. The molecule has 0 spiro atoms. The third-order valence-corrected chi connectivity index (χ3v) is 2.45. The van der Waals surface area contributed by atoms with Gasteiger partial charge in [-0.2, -0.15) is 4.99 Å². The monoisotopic (exact) mass is 203 g/mol. The fourth-order valence-electron chi connectivity index (χ4n) is 1.73. The zero-order valence-electron chi connectivity index (χ0n) is 9.58. The zero-order valence-corrected chi connectivity index (χ0v) is 9.58. The quantitative estimate of drug-likeness (QED) is 0.541. The van der Waals surface area contributed by atoms with Crippen LogP contribution < -0.4 is 0 Å². The fraction of sp³-hybridized carbons (Fsp3) is 0.462. The smallest absolute Gasteiger partial charge is 0.211 e. The molecule has 0 radical (unpaired) electrons. The lowest BCUT2D eigenvalue weighted by Gasteiger charge is -2.11. The molecule has 0 heterocycles. The molecule has 0 saturated heterocycles. The number of para-hydroxylation sites is 1. The molecule has 0 saturated carbocycles. The molecule has 0 fully saturated rings. The van der Waals surface area contributed by atoms with E-state index in [1.807, 2.05) is 18.2 Å². The van der Waals surface area contributed by atoms with E-state index >= 15 is 0 Å². The van der Waals surface area contributed by atoms with E-state index in [-0.39, 0.29) is 0 Å². The van der Waals surface area contributed by atoms with Gasteiger partial charge in [0.15, 0.2) is 0 Å². The Labute approximate surface area is 91.0 Å². The Morgan fingerprint density at radius 2 is 2.13 bits per heavy atom. The number of aliphatic imine (C=N–C) groups is 1. The summed E-state index contributed by atoms with van der Waals surface area (Å²) < 4.78 is 0. The average molecular weight is 203 g/mol. The van der Waals surface area contributed by atoms with Gasteiger partial charge in [0.05, 0.1) is 5.69 Å². The Bertz CT molecular complexity index is 376. The molecule has 0 aliphatic heterocycles. The van der Waals surface area contributed by atoms with Gasteiger partial charge in [-0.1, -0.05) is 45.4 Å². The number of nitrogens with zero attached hydrogens (tertiary/aromatic N) is 1. The first kappa shape index (κ1) is 11.7. The topological polar surface area (TPSA) is 29.4 Å². The van der Waals surface area contributed by atoms with Crippen molar-refractivity contribution in [1.82, 2.24) is 0 Å². The normalized spacial score (nSPS) is 10.1. The minimum atomic E-state index is 0.383. The van der Waals surface area contributed by atoms with Gasteiger partial charge in [-0.15, -0.1) is 0 Å². The van der Waals surface area contributed by atoms with Crippen LogP contribution in [0.1, 0.15) is 44.2 Å². The van der Waals surface area contributed by atoms with E-state index in [0.717, 1.165) is 29.7 Å².